The molecule has 9 nitrogen and oxygen atoms in total. The van der Waals surface area contributed by atoms with Crippen LogP contribution < -0.4 is 10.6 Å². The number of nitrogens with one attached hydrogen (secondary N) is 2. The van der Waals surface area contributed by atoms with Crippen molar-refractivity contribution in [3.63, 3.8) is 0 Å². The summed E-state index contributed by atoms with van der Waals surface area (Å²) in [6.07, 6.45) is 0.930. The fourth-order valence-corrected chi connectivity index (χ4v) is 3.22. The van der Waals surface area contributed by atoms with E-state index in [0.717, 1.165) is 10.7 Å². The van der Waals surface area contributed by atoms with E-state index < -0.39 is 10.0 Å². The summed E-state index contributed by atoms with van der Waals surface area (Å²) >= 11 is 0. The summed E-state index contributed by atoms with van der Waals surface area (Å²) < 4.78 is 27.1. The van der Waals surface area contributed by atoms with Gasteiger partial charge in [-0.1, -0.05) is 19.1 Å². The molecule has 0 saturated carbocycles. The van der Waals surface area contributed by atoms with Crippen LogP contribution in [0.5, 0.6) is 0 Å². The van der Waals surface area contributed by atoms with Crippen molar-refractivity contribution in [2.45, 2.75) is 31.7 Å². The van der Waals surface area contributed by atoms with Crippen molar-refractivity contribution in [2.75, 3.05) is 27.2 Å². The molecule has 1 heterocycles. The Morgan fingerprint density at radius 2 is 1.92 bits per heavy atom. The lowest BCUT2D eigenvalue weighted by atomic mass is 10.1. The van der Waals surface area contributed by atoms with Crippen LogP contribution in [0.4, 0.5) is 4.79 Å². The predicted molar refractivity (Wildman–Crippen MR) is 99.3 cm³/mol. The Balaban J connectivity index is 1.96. The van der Waals surface area contributed by atoms with Crippen molar-refractivity contribution in [3.8, 4) is 0 Å². The number of hydrogen-bond acceptors (Lipinski definition) is 5. The fourth-order valence-electron chi connectivity index (χ4n) is 2.30. The third kappa shape index (κ3) is 4.92. The molecule has 2 rings (SSSR count). The molecule has 0 atom stereocenters. The van der Waals surface area contributed by atoms with E-state index in [-0.39, 0.29) is 10.9 Å². The SMILES string of the molecule is CC(C)CCNC(=O)NCCn1nnc2cc(S(=O)(=O)N(C)C)ccc21. The van der Waals surface area contributed by atoms with Gasteiger partial charge in [-0.25, -0.2) is 22.2 Å². The van der Waals surface area contributed by atoms with Crippen LogP contribution in [0.3, 0.4) is 0 Å². The van der Waals surface area contributed by atoms with Gasteiger partial charge >= 0.3 is 6.03 Å². The minimum atomic E-state index is -3.51. The summed E-state index contributed by atoms with van der Waals surface area (Å²) in [7, 11) is -0.551. The molecule has 10 heteroatoms. The minimum Gasteiger partial charge on any atom is -0.338 e. The van der Waals surface area contributed by atoms with Gasteiger partial charge in [-0.3, -0.25) is 0 Å². The number of rotatable bonds is 8. The molecule has 2 amide bonds. The van der Waals surface area contributed by atoms with Crippen molar-refractivity contribution in [1.29, 1.82) is 0 Å². The lowest BCUT2D eigenvalue weighted by Crippen LogP contribution is -2.38. The van der Waals surface area contributed by atoms with Crippen LogP contribution in [0, 0.1) is 5.92 Å². The zero-order chi connectivity index (χ0) is 19.3. The van der Waals surface area contributed by atoms with E-state index in [0.29, 0.717) is 36.6 Å². The fraction of sp³-hybridized carbons (Fsp3) is 0.562. The van der Waals surface area contributed by atoms with E-state index in [1.807, 2.05) is 0 Å². The molecule has 2 aromatic rings. The number of amides is 2. The topological polar surface area (TPSA) is 109 Å². The van der Waals surface area contributed by atoms with Gasteiger partial charge in [0.15, 0.2) is 0 Å². The molecular weight excluding hydrogens is 356 g/mol. The first-order chi connectivity index (χ1) is 12.2. The Kier molecular flexibility index (Phi) is 6.54. The van der Waals surface area contributed by atoms with Crippen LogP contribution in [0.25, 0.3) is 11.0 Å². The number of carbonyl (C=O) groups excluding carboxylic acids is 1. The van der Waals surface area contributed by atoms with Crippen LogP contribution >= 0.6 is 0 Å². The van der Waals surface area contributed by atoms with Crippen LogP contribution in [-0.2, 0) is 16.6 Å². The maximum atomic E-state index is 12.2. The van der Waals surface area contributed by atoms with Gasteiger partial charge < -0.3 is 10.6 Å². The standard InChI is InChI=1S/C16H26N6O3S/c1-12(2)7-8-17-16(23)18-9-10-22-15-6-5-13(11-14(15)19-20-22)26(24,25)21(3)4/h5-6,11-12H,7-10H2,1-4H3,(H2,17,18,23). The molecular formula is C16H26N6O3S. The highest BCUT2D eigenvalue weighted by Crippen LogP contribution is 2.19. The quantitative estimate of drug-likeness (QED) is 0.709. The van der Waals surface area contributed by atoms with Crippen molar-refractivity contribution in [2.24, 2.45) is 5.92 Å². The van der Waals surface area contributed by atoms with E-state index >= 15 is 0 Å². The Labute approximate surface area is 153 Å². The van der Waals surface area contributed by atoms with E-state index in [1.54, 1.807) is 10.7 Å². The van der Waals surface area contributed by atoms with E-state index in [4.69, 9.17) is 0 Å². The zero-order valence-corrected chi connectivity index (χ0v) is 16.4. The molecule has 0 aliphatic carbocycles. The number of carbonyl (C=O) groups is 1. The molecule has 0 radical (unpaired) electrons. The first-order valence-electron chi connectivity index (χ1n) is 8.49. The second-order valence-corrected chi connectivity index (χ2v) is 8.77. The van der Waals surface area contributed by atoms with E-state index in [2.05, 4.69) is 34.8 Å². The summed E-state index contributed by atoms with van der Waals surface area (Å²) in [4.78, 5) is 11.9. The lowest BCUT2D eigenvalue weighted by Gasteiger charge is -2.11. The Bertz CT molecular complexity index is 860. The molecule has 1 aromatic carbocycles. The third-order valence-corrected chi connectivity index (χ3v) is 5.69. The second-order valence-electron chi connectivity index (χ2n) is 6.62. The van der Waals surface area contributed by atoms with Gasteiger partial charge in [0.05, 0.1) is 17.0 Å². The first-order valence-corrected chi connectivity index (χ1v) is 9.93. The van der Waals surface area contributed by atoms with Gasteiger partial charge in [0.25, 0.3) is 0 Å². The third-order valence-electron chi connectivity index (χ3n) is 3.88. The van der Waals surface area contributed by atoms with Gasteiger partial charge in [-0.05, 0) is 30.5 Å². The largest absolute Gasteiger partial charge is 0.338 e. The maximum absolute atomic E-state index is 12.2. The summed E-state index contributed by atoms with van der Waals surface area (Å²) in [5.41, 5.74) is 1.21. The molecule has 0 aliphatic rings. The Morgan fingerprint density at radius 3 is 2.58 bits per heavy atom. The molecule has 1 aromatic heterocycles. The number of sulfonamides is 1. The highest BCUT2D eigenvalue weighted by molar-refractivity contribution is 7.89. The van der Waals surface area contributed by atoms with Gasteiger partial charge in [0.2, 0.25) is 10.0 Å². The average Bonchev–Trinajstić information content (AvgIpc) is 2.96. The molecule has 0 bridgehead atoms. The summed E-state index contributed by atoms with van der Waals surface area (Å²) in [5.74, 6) is 0.540. The van der Waals surface area contributed by atoms with Crippen LogP contribution in [-0.4, -0.2) is 60.9 Å². The Morgan fingerprint density at radius 1 is 1.23 bits per heavy atom. The highest BCUT2D eigenvalue weighted by Gasteiger charge is 2.18. The predicted octanol–water partition coefficient (Wildman–Crippen LogP) is 1.03. The molecule has 0 unspecified atom stereocenters. The molecule has 2 N–H and O–H groups in total. The molecule has 144 valence electrons. The smallest absolute Gasteiger partial charge is 0.314 e. The molecule has 26 heavy (non-hydrogen) atoms. The van der Waals surface area contributed by atoms with Gasteiger partial charge in [0, 0.05) is 27.2 Å². The number of urea groups is 1. The lowest BCUT2D eigenvalue weighted by molar-refractivity contribution is 0.239. The zero-order valence-electron chi connectivity index (χ0n) is 15.6. The minimum absolute atomic E-state index is 0.171. The highest BCUT2D eigenvalue weighted by atomic mass is 32.2. The monoisotopic (exact) mass is 382 g/mol. The number of benzene rings is 1. The first kappa shape index (κ1) is 20.1. The van der Waals surface area contributed by atoms with Crippen LogP contribution in [0.1, 0.15) is 20.3 Å². The Hall–Kier alpha value is -2.20. The van der Waals surface area contributed by atoms with Gasteiger partial charge in [-0.2, -0.15) is 0 Å². The number of nitrogens with zero attached hydrogens (tertiary/aromatic N) is 4. The van der Waals surface area contributed by atoms with E-state index in [1.165, 1.54) is 26.2 Å². The summed E-state index contributed by atoms with van der Waals surface area (Å²) in [6, 6.07) is 4.49. The van der Waals surface area contributed by atoms with Crippen LogP contribution in [0.15, 0.2) is 23.1 Å². The van der Waals surface area contributed by atoms with Crippen molar-refractivity contribution in [1.82, 2.24) is 29.9 Å². The number of hydrogen-bond donors (Lipinski definition) is 2. The molecule has 0 fully saturated rings. The van der Waals surface area contributed by atoms with Crippen molar-refractivity contribution >= 4 is 27.1 Å². The average molecular weight is 382 g/mol. The second kappa shape index (κ2) is 8.45. The summed E-state index contributed by atoms with van der Waals surface area (Å²) in [6.45, 7) is 5.67. The van der Waals surface area contributed by atoms with Crippen molar-refractivity contribution in [3.05, 3.63) is 18.2 Å². The number of fused-ring (bicyclic) bond motifs is 1. The van der Waals surface area contributed by atoms with Gasteiger partial charge in [-0.15, -0.1) is 5.10 Å². The molecule has 0 saturated heterocycles. The van der Waals surface area contributed by atoms with E-state index in [9.17, 15) is 13.2 Å². The summed E-state index contributed by atoms with van der Waals surface area (Å²) in [5, 5.41) is 13.6. The van der Waals surface area contributed by atoms with Crippen molar-refractivity contribution < 1.29 is 13.2 Å². The molecule has 0 aliphatic heterocycles. The maximum Gasteiger partial charge on any atom is 0.314 e. The normalized spacial score (nSPS) is 12.1. The van der Waals surface area contributed by atoms with Gasteiger partial charge in [0.1, 0.15) is 5.52 Å². The molecule has 0 spiro atoms. The number of aromatic nitrogens is 3. The van der Waals surface area contributed by atoms with Crippen LogP contribution in [0.2, 0.25) is 0 Å².